The summed E-state index contributed by atoms with van der Waals surface area (Å²) in [7, 11) is 1.89. The summed E-state index contributed by atoms with van der Waals surface area (Å²) in [4.78, 5) is 50.1. The smallest absolute Gasteiger partial charge is 0.302 e. The normalized spacial score (nSPS) is 11.7. The summed E-state index contributed by atoms with van der Waals surface area (Å²) in [6.45, 7) is 3.34. The molecule has 0 saturated carbocycles. The van der Waals surface area contributed by atoms with Crippen LogP contribution in [0.2, 0.25) is 0 Å². The van der Waals surface area contributed by atoms with Crippen molar-refractivity contribution in [1.82, 2.24) is 34.3 Å². The number of aromatic amines is 2. The van der Waals surface area contributed by atoms with Crippen molar-refractivity contribution >= 4 is 33.5 Å². The highest BCUT2D eigenvalue weighted by molar-refractivity contribution is 7.13. The third-order valence-electron chi connectivity index (χ3n) is 5.75. The van der Waals surface area contributed by atoms with Crippen LogP contribution in [-0.4, -0.2) is 40.2 Å². The number of amides is 1. The van der Waals surface area contributed by atoms with Gasteiger partial charge in [0.25, 0.3) is 11.5 Å². The maximum absolute atomic E-state index is 13.1. The molecule has 5 rings (SSSR count). The molecule has 0 unspecified atom stereocenters. The van der Waals surface area contributed by atoms with Crippen LogP contribution in [0.4, 0.5) is 5.13 Å². The standard InChI is InChI=1S/C23H22N8O3S/c1-23(2,31-12-24-17-18(31)27-21(34)28-19(17)32)20(33)29-22-26-16(11-35-22)8-13-4-6-14(7-5-13)15-9-25-30(3)10-15/h4-7,9-12H,8H2,1-3H3,(H,26,29,33)(H2,27,28,32,34). The number of rotatable bonds is 6. The third-order valence-corrected chi connectivity index (χ3v) is 6.56. The quantitative estimate of drug-likeness (QED) is 0.333. The number of fused-ring (bicyclic) bond motifs is 1. The number of hydrogen-bond donors (Lipinski definition) is 3. The maximum Gasteiger partial charge on any atom is 0.327 e. The van der Waals surface area contributed by atoms with E-state index in [0.717, 1.165) is 22.4 Å². The van der Waals surface area contributed by atoms with E-state index < -0.39 is 16.8 Å². The molecule has 0 aliphatic heterocycles. The van der Waals surface area contributed by atoms with Crippen LogP contribution < -0.4 is 16.6 Å². The lowest BCUT2D eigenvalue weighted by molar-refractivity contribution is -0.122. The molecule has 0 aliphatic rings. The molecule has 0 bridgehead atoms. The van der Waals surface area contributed by atoms with Crippen LogP contribution >= 0.6 is 11.3 Å². The lowest BCUT2D eigenvalue weighted by Crippen LogP contribution is -2.40. The van der Waals surface area contributed by atoms with Crippen molar-refractivity contribution in [2.75, 3.05) is 5.32 Å². The highest BCUT2D eigenvalue weighted by atomic mass is 32.1. The van der Waals surface area contributed by atoms with Crippen molar-refractivity contribution < 1.29 is 4.79 Å². The Kier molecular flexibility index (Phi) is 5.44. The molecule has 178 valence electrons. The van der Waals surface area contributed by atoms with E-state index in [1.807, 2.05) is 24.8 Å². The number of benzene rings is 1. The number of nitrogens with zero attached hydrogens (tertiary/aromatic N) is 5. The van der Waals surface area contributed by atoms with Crippen molar-refractivity contribution in [3.63, 3.8) is 0 Å². The molecule has 3 N–H and O–H groups in total. The molecule has 4 aromatic heterocycles. The summed E-state index contributed by atoms with van der Waals surface area (Å²) in [6.07, 6.45) is 5.78. The van der Waals surface area contributed by atoms with Gasteiger partial charge in [-0.3, -0.25) is 29.6 Å². The summed E-state index contributed by atoms with van der Waals surface area (Å²) in [5, 5.41) is 9.40. The Morgan fingerprint density at radius 1 is 1.14 bits per heavy atom. The predicted molar refractivity (Wildman–Crippen MR) is 132 cm³/mol. The molecule has 12 heteroatoms. The Morgan fingerprint density at radius 3 is 2.63 bits per heavy atom. The number of hydrogen-bond acceptors (Lipinski definition) is 7. The average molecular weight is 491 g/mol. The van der Waals surface area contributed by atoms with E-state index in [2.05, 4.69) is 54.6 Å². The van der Waals surface area contributed by atoms with Crippen LogP contribution in [0.15, 0.2) is 58.0 Å². The molecular formula is C23H22N8O3S. The molecule has 5 aromatic rings. The van der Waals surface area contributed by atoms with Gasteiger partial charge in [-0.1, -0.05) is 24.3 Å². The van der Waals surface area contributed by atoms with Crippen molar-refractivity contribution in [2.24, 2.45) is 7.05 Å². The van der Waals surface area contributed by atoms with E-state index in [0.29, 0.717) is 11.6 Å². The zero-order chi connectivity index (χ0) is 24.7. The number of carbonyl (C=O) groups is 1. The third kappa shape index (κ3) is 4.30. The van der Waals surface area contributed by atoms with Gasteiger partial charge in [-0.15, -0.1) is 11.3 Å². The van der Waals surface area contributed by atoms with E-state index >= 15 is 0 Å². The lowest BCUT2D eigenvalue weighted by atomic mass is 10.0. The van der Waals surface area contributed by atoms with Gasteiger partial charge in [-0.05, 0) is 25.0 Å². The van der Waals surface area contributed by atoms with Crippen LogP contribution in [0.1, 0.15) is 25.1 Å². The number of thiazole rings is 1. The highest BCUT2D eigenvalue weighted by Gasteiger charge is 2.32. The first-order chi connectivity index (χ1) is 16.7. The summed E-state index contributed by atoms with van der Waals surface area (Å²) in [5.41, 5.74) is 1.87. The summed E-state index contributed by atoms with van der Waals surface area (Å²) < 4.78 is 3.23. The lowest BCUT2D eigenvalue weighted by Gasteiger charge is -2.25. The molecule has 4 heterocycles. The fourth-order valence-corrected chi connectivity index (χ4v) is 4.46. The van der Waals surface area contributed by atoms with E-state index in [-0.39, 0.29) is 17.1 Å². The molecule has 0 atom stereocenters. The molecule has 11 nitrogen and oxygen atoms in total. The molecule has 0 saturated heterocycles. The molecule has 35 heavy (non-hydrogen) atoms. The number of carbonyl (C=O) groups excluding carboxylic acids is 1. The number of aromatic nitrogens is 7. The minimum atomic E-state index is -1.15. The molecular weight excluding hydrogens is 468 g/mol. The maximum atomic E-state index is 13.1. The van der Waals surface area contributed by atoms with Crippen LogP contribution in [0.3, 0.4) is 0 Å². The van der Waals surface area contributed by atoms with Crippen LogP contribution in [0, 0.1) is 0 Å². The molecule has 0 spiro atoms. The second kappa shape index (κ2) is 8.47. The van der Waals surface area contributed by atoms with Crippen LogP contribution in [0.5, 0.6) is 0 Å². The monoisotopic (exact) mass is 490 g/mol. The van der Waals surface area contributed by atoms with Gasteiger partial charge in [-0.2, -0.15) is 5.10 Å². The number of anilines is 1. The van der Waals surface area contributed by atoms with Gasteiger partial charge in [-0.25, -0.2) is 14.8 Å². The average Bonchev–Trinajstić information content (AvgIpc) is 3.54. The Bertz CT molecular complexity index is 1650. The zero-order valence-corrected chi connectivity index (χ0v) is 20.0. The Labute approximate surface area is 202 Å². The minimum absolute atomic E-state index is 0.0524. The van der Waals surface area contributed by atoms with Gasteiger partial charge in [0, 0.05) is 30.6 Å². The Morgan fingerprint density at radius 2 is 1.91 bits per heavy atom. The summed E-state index contributed by atoms with van der Waals surface area (Å²) >= 11 is 1.33. The highest BCUT2D eigenvalue weighted by Crippen LogP contribution is 2.25. The number of aryl methyl sites for hydroxylation is 1. The molecule has 1 amide bonds. The van der Waals surface area contributed by atoms with E-state index in [4.69, 9.17) is 0 Å². The van der Waals surface area contributed by atoms with Gasteiger partial charge >= 0.3 is 5.69 Å². The number of H-pyrrole nitrogens is 2. The van der Waals surface area contributed by atoms with Crippen LogP contribution in [-0.2, 0) is 23.8 Å². The minimum Gasteiger partial charge on any atom is -0.302 e. The van der Waals surface area contributed by atoms with Crippen molar-refractivity contribution in [3.05, 3.63) is 80.5 Å². The topological polar surface area (TPSA) is 143 Å². The van der Waals surface area contributed by atoms with E-state index in [1.165, 1.54) is 22.2 Å². The van der Waals surface area contributed by atoms with E-state index in [9.17, 15) is 14.4 Å². The Hall–Kier alpha value is -4.32. The number of nitrogens with one attached hydrogen (secondary N) is 3. The van der Waals surface area contributed by atoms with Gasteiger partial charge in [0.2, 0.25) is 0 Å². The van der Waals surface area contributed by atoms with Crippen molar-refractivity contribution in [2.45, 2.75) is 25.8 Å². The second-order valence-electron chi connectivity index (χ2n) is 8.65. The predicted octanol–water partition coefficient (Wildman–Crippen LogP) is 2.23. The van der Waals surface area contributed by atoms with Crippen molar-refractivity contribution in [1.29, 1.82) is 0 Å². The molecule has 1 aromatic carbocycles. The first-order valence-corrected chi connectivity index (χ1v) is 11.6. The largest absolute Gasteiger partial charge is 0.327 e. The van der Waals surface area contributed by atoms with Gasteiger partial charge in [0.1, 0.15) is 11.2 Å². The zero-order valence-electron chi connectivity index (χ0n) is 19.2. The van der Waals surface area contributed by atoms with Crippen LogP contribution in [0.25, 0.3) is 22.3 Å². The molecule has 0 radical (unpaired) electrons. The summed E-state index contributed by atoms with van der Waals surface area (Å²) in [6, 6.07) is 8.20. The van der Waals surface area contributed by atoms with E-state index in [1.54, 1.807) is 18.5 Å². The van der Waals surface area contributed by atoms with Gasteiger partial charge < -0.3 is 4.57 Å². The second-order valence-corrected chi connectivity index (χ2v) is 9.51. The van der Waals surface area contributed by atoms with Gasteiger partial charge in [0.05, 0.1) is 18.2 Å². The molecule has 0 fully saturated rings. The fraction of sp³-hybridized carbons (Fsp3) is 0.217. The summed E-state index contributed by atoms with van der Waals surface area (Å²) in [5.74, 6) is -0.361. The van der Waals surface area contributed by atoms with Crippen molar-refractivity contribution in [3.8, 4) is 11.1 Å². The van der Waals surface area contributed by atoms with Gasteiger partial charge in [0.15, 0.2) is 10.6 Å². The number of imidazole rings is 1. The SMILES string of the molecule is Cn1cc(-c2ccc(Cc3csc(NC(=O)C(C)(C)n4cnc5c(=O)[nH]c(=O)[nH]c54)n3)cc2)cn1. The molecule has 0 aliphatic carbocycles. The fourth-order valence-electron chi connectivity index (χ4n) is 3.76. The first-order valence-electron chi connectivity index (χ1n) is 10.7. The first kappa shape index (κ1) is 22.5. The Balaban J connectivity index is 1.30.